The van der Waals surface area contributed by atoms with Gasteiger partial charge in [-0.15, -0.1) is 0 Å². The van der Waals surface area contributed by atoms with Gasteiger partial charge in [-0.3, -0.25) is 9.79 Å². The van der Waals surface area contributed by atoms with Crippen LogP contribution in [0.3, 0.4) is 0 Å². The van der Waals surface area contributed by atoms with Gasteiger partial charge in [0.25, 0.3) is 0 Å². The molecule has 2 N–H and O–H groups in total. The fraction of sp³-hybridized carbons (Fsp3) is 0.143. The highest BCUT2D eigenvalue weighted by Crippen LogP contribution is 2.25. The van der Waals surface area contributed by atoms with Crippen LogP contribution in [0.15, 0.2) is 52.8 Å². The molecule has 1 aromatic carbocycles. The van der Waals surface area contributed by atoms with E-state index >= 15 is 0 Å². The molecule has 4 nitrogen and oxygen atoms in total. The minimum atomic E-state index is -0.314. The number of allylic oxidation sites excluding steroid dienone is 1. The van der Waals surface area contributed by atoms with Crippen LogP contribution in [0.1, 0.15) is 6.42 Å². The van der Waals surface area contributed by atoms with Crippen molar-refractivity contribution in [3.05, 3.63) is 58.4 Å². The molecule has 4 heteroatoms. The van der Waals surface area contributed by atoms with Gasteiger partial charge in [-0.1, -0.05) is 24.3 Å². The molecule has 0 unspecified atom stereocenters. The van der Waals surface area contributed by atoms with Gasteiger partial charge in [0, 0.05) is 18.0 Å². The quantitative estimate of drug-likeness (QED) is 0.790. The Hall–Kier alpha value is -2.36. The molecule has 2 aliphatic heterocycles. The van der Waals surface area contributed by atoms with Gasteiger partial charge in [0.2, 0.25) is 5.91 Å². The van der Waals surface area contributed by atoms with Crippen molar-refractivity contribution in [2.24, 2.45) is 10.7 Å². The maximum atomic E-state index is 11.0. The summed E-state index contributed by atoms with van der Waals surface area (Å²) >= 11 is 0. The summed E-state index contributed by atoms with van der Waals surface area (Å²) in [4.78, 5) is 17.6. The second-order valence-corrected chi connectivity index (χ2v) is 4.36. The van der Waals surface area contributed by atoms with Gasteiger partial charge in [0.05, 0.1) is 23.7 Å². The summed E-state index contributed by atoms with van der Waals surface area (Å²) in [6.07, 6.45) is 6.16. The van der Waals surface area contributed by atoms with Crippen molar-refractivity contribution >= 4 is 12.1 Å². The number of carbonyl (C=O) groups is 1. The van der Waals surface area contributed by atoms with E-state index in [0.29, 0.717) is 0 Å². The lowest BCUT2D eigenvalue weighted by Crippen LogP contribution is -2.26. The van der Waals surface area contributed by atoms with E-state index in [1.165, 1.54) is 0 Å². The number of nitrogens with two attached hydrogens (primary N) is 1. The number of para-hydroxylation sites is 1. The van der Waals surface area contributed by atoms with Crippen molar-refractivity contribution in [2.45, 2.75) is 6.42 Å². The van der Waals surface area contributed by atoms with E-state index in [4.69, 9.17) is 5.73 Å². The van der Waals surface area contributed by atoms with Crippen molar-refractivity contribution in [2.75, 3.05) is 6.54 Å². The number of carbonyl (C=O) groups excluding carboxylic acids is 1. The normalized spacial score (nSPS) is 16.6. The predicted octanol–water partition coefficient (Wildman–Crippen LogP) is 0.0166. The van der Waals surface area contributed by atoms with Crippen molar-refractivity contribution in [3.8, 4) is 0 Å². The molecule has 0 aliphatic carbocycles. The Labute approximate surface area is 104 Å². The fourth-order valence-electron chi connectivity index (χ4n) is 2.24. The van der Waals surface area contributed by atoms with E-state index in [2.05, 4.69) is 16.1 Å². The van der Waals surface area contributed by atoms with Crippen LogP contribution in [-0.4, -0.2) is 17.4 Å². The minimum Gasteiger partial charge on any atom is -0.369 e. The Kier molecular flexibility index (Phi) is 2.48. The summed E-state index contributed by atoms with van der Waals surface area (Å²) in [7, 11) is 0. The summed E-state index contributed by atoms with van der Waals surface area (Å²) in [5.74, 6) is -0.314. The van der Waals surface area contributed by atoms with Crippen LogP contribution in [0.5, 0.6) is 0 Å². The Balaban J connectivity index is 2.05. The third-order valence-electron chi connectivity index (χ3n) is 3.10. The van der Waals surface area contributed by atoms with Crippen LogP contribution in [0, 0.1) is 0 Å². The summed E-state index contributed by atoms with van der Waals surface area (Å²) < 4.78 is 0. The molecule has 0 aromatic heterocycles. The molecule has 2 aliphatic rings. The first-order valence-electron chi connectivity index (χ1n) is 5.83. The van der Waals surface area contributed by atoms with Crippen molar-refractivity contribution in [3.63, 3.8) is 0 Å². The van der Waals surface area contributed by atoms with E-state index in [1.807, 2.05) is 36.5 Å². The fourth-order valence-corrected chi connectivity index (χ4v) is 2.24. The molecule has 0 saturated carbocycles. The number of amides is 1. The van der Waals surface area contributed by atoms with E-state index < -0.39 is 0 Å². The molecule has 3 rings (SSSR count). The maximum absolute atomic E-state index is 11.0. The smallest absolute Gasteiger partial charge is 0.221 e. The molecular weight excluding hydrogens is 226 g/mol. The Morgan fingerprint density at radius 2 is 2.22 bits per heavy atom. The number of benzene rings is 1. The monoisotopic (exact) mass is 239 g/mol. The molecule has 90 valence electrons. The molecule has 0 atom stereocenters. The highest BCUT2D eigenvalue weighted by Gasteiger charge is 2.20. The van der Waals surface area contributed by atoms with Gasteiger partial charge in [0.15, 0.2) is 0 Å². The van der Waals surface area contributed by atoms with Crippen molar-refractivity contribution < 1.29 is 4.79 Å². The second-order valence-electron chi connectivity index (χ2n) is 4.36. The molecular formula is C14H13N3O. The molecule has 18 heavy (non-hydrogen) atoms. The Morgan fingerprint density at radius 1 is 1.39 bits per heavy atom. The first-order valence-corrected chi connectivity index (χ1v) is 5.83. The third kappa shape index (κ3) is 1.82. The minimum absolute atomic E-state index is 0.266. The SMILES string of the molecule is NC(=O)CC1=CCN2C=c3ccccc3=NC=C12. The lowest BCUT2D eigenvalue weighted by molar-refractivity contribution is -0.117. The zero-order chi connectivity index (χ0) is 12.5. The maximum Gasteiger partial charge on any atom is 0.221 e. The number of rotatable bonds is 2. The zero-order valence-corrected chi connectivity index (χ0v) is 9.84. The van der Waals surface area contributed by atoms with E-state index in [9.17, 15) is 4.79 Å². The summed E-state index contributed by atoms with van der Waals surface area (Å²) in [6.45, 7) is 0.762. The Morgan fingerprint density at radius 3 is 3.06 bits per heavy atom. The molecule has 0 saturated heterocycles. The van der Waals surface area contributed by atoms with Crippen LogP contribution in [0.2, 0.25) is 0 Å². The highest BCUT2D eigenvalue weighted by atomic mass is 16.1. The van der Waals surface area contributed by atoms with E-state index in [0.717, 1.165) is 28.4 Å². The van der Waals surface area contributed by atoms with Gasteiger partial charge in [-0.05, 0) is 11.6 Å². The van der Waals surface area contributed by atoms with Gasteiger partial charge < -0.3 is 10.6 Å². The number of hydrogen-bond acceptors (Lipinski definition) is 3. The van der Waals surface area contributed by atoms with Crippen molar-refractivity contribution in [1.82, 2.24) is 4.90 Å². The Bertz CT molecular complexity index is 685. The summed E-state index contributed by atoms with van der Waals surface area (Å²) in [6, 6.07) is 7.96. The standard InChI is InChI=1S/C14H13N3O/c15-14(18)7-10-5-6-17-9-11-3-1-2-4-12(11)16-8-13(10)17/h1-5,8-9H,6-7H2,(H2,15,18). The van der Waals surface area contributed by atoms with Gasteiger partial charge in [-0.25, -0.2) is 0 Å². The number of primary amides is 1. The number of hydrogen-bond donors (Lipinski definition) is 1. The van der Waals surface area contributed by atoms with Crippen LogP contribution < -0.4 is 16.3 Å². The highest BCUT2D eigenvalue weighted by molar-refractivity contribution is 5.78. The molecule has 2 heterocycles. The lowest BCUT2D eigenvalue weighted by Gasteiger charge is -2.15. The van der Waals surface area contributed by atoms with Gasteiger partial charge >= 0.3 is 0 Å². The topological polar surface area (TPSA) is 58.7 Å². The average Bonchev–Trinajstić information content (AvgIpc) is 2.60. The first-order chi connectivity index (χ1) is 8.74. The van der Waals surface area contributed by atoms with Gasteiger partial charge in [-0.2, -0.15) is 0 Å². The van der Waals surface area contributed by atoms with Crippen LogP contribution in [0.25, 0.3) is 6.20 Å². The average molecular weight is 239 g/mol. The van der Waals surface area contributed by atoms with E-state index in [-0.39, 0.29) is 12.3 Å². The summed E-state index contributed by atoms with van der Waals surface area (Å²) in [5.41, 5.74) is 7.17. The molecule has 0 bridgehead atoms. The molecule has 1 aromatic rings. The molecule has 0 spiro atoms. The first kappa shape index (κ1) is 10.8. The lowest BCUT2D eigenvalue weighted by atomic mass is 10.1. The van der Waals surface area contributed by atoms with Crippen LogP contribution >= 0.6 is 0 Å². The number of fused-ring (bicyclic) bond motifs is 2. The van der Waals surface area contributed by atoms with Crippen LogP contribution in [0.4, 0.5) is 0 Å². The summed E-state index contributed by atoms with van der Waals surface area (Å²) in [5, 5.41) is 2.02. The van der Waals surface area contributed by atoms with Crippen molar-refractivity contribution in [1.29, 1.82) is 0 Å². The predicted molar refractivity (Wildman–Crippen MR) is 68.4 cm³/mol. The second kappa shape index (κ2) is 4.14. The largest absolute Gasteiger partial charge is 0.369 e. The molecule has 0 radical (unpaired) electrons. The zero-order valence-electron chi connectivity index (χ0n) is 9.84. The van der Waals surface area contributed by atoms with E-state index in [1.54, 1.807) is 0 Å². The van der Waals surface area contributed by atoms with Gasteiger partial charge in [0.1, 0.15) is 0 Å². The number of nitrogens with zero attached hydrogens (tertiary/aromatic N) is 2. The third-order valence-corrected chi connectivity index (χ3v) is 3.10. The van der Waals surface area contributed by atoms with Crippen LogP contribution in [-0.2, 0) is 4.79 Å². The molecule has 0 fully saturated rings. The molecule has 1 amide bonds.